The normalized spacial score (nSPS) is 24.1. The fraction of sp³-hybridized carbons (Fsp3) is 0.875. The Hall–Kier alpha value is -1.14. The van der Waals surface area contributed by atoms with E-state index in [1.54, 1.807) is 13.8 Å². The highest BCUT2D eigenvalue weighted by Crippen LogP contribution is 2.28. The average molecular weight is 314 g/mol. The van der Waals surface area contributed by atoms with Gasteiger partial charge < -0.3 is 20.8 Å². The van der Waals surface area contributed by atoms with Crippen LogP contribution in [0.4, 0.5) is 0 Å². The van der Waals surface area contributed by atoms with Gasteiger partial charge in [-0.25, -0.2) is 4.79 Å². The molecule has 6 nitrogen and oxygen atoms in total. The summed E-state index contributed by atoms with van der Waals surface area (Å²) in [5, 5.41) is 24.7. The molecule has 0 aromatic heterocycles. The second-order valence-electron chi connectivity index (χ2n) is 7.20. The van der Waals surface area contributed by atoms with Crippen molar-refractivity contribution in [1.29, 1.82) is 0 Å². The van der Waals surface area contributed by atoms with Crippen molar-refractivity contribution in [2.45, 2.75) is 83.5 Å². The molecule has 0 aromatic carbocycles. The highest BCUT2D eigenvalue weighted by molar-refractivity contribution is 5.89. The summed E-state index contributed by atoms with van der Waals surface area (Å²) in [6.45, 7) is 7.38. The molecule has 22 heavy (non-hydrogen) atoms. The van der Waals surface area contributed by atoms with Crippen LogP contribution in [0.15, 0.2) is 0 Å². The van der Waals surface area contributed by atoms with E-state index in [0.717, 1.165) is 12.8 Å². The van der Waals surface area contributed by atoms with Crippen LogP contribution in [-0.2, 0) is 9.59 Å². The molecule has 4 N–H and O–H groups in total. The van der Waals surface area contributed by atoms with Crippen LogP contribution in [0.1, 0.15) is 59.8 Å². The number of carboxylic acid groups (broad SMARTS) is 1. The molecule has 0 radical (unpaired) electrons. The van der Waals surface area contributed by atoms with Crippen molar-refractivity contribution in [3.8, 4) is 0 Å². The maximum Gasteiger partial charge on any atom is 0.326 e. The highest BCUT2D eigenvalue weighted by Gasteiger charge is 2.33. The van der Waals surface area contributed by atoms with Gasteiger partial charge in [0.05, 0.1) is 11.6 Å². The van der Waals surface area contributed by atoms with Gasteiger partial charge in [-0.3, -0.25) is 4.79 Å². The molecule has 0 saturated heterocycles. The summed E-state index contributed by atoms with van der Waals surface area (Å²) in [6, 6.07) is -0.746. The van der Waals surface area contributed by atoms with E-state index in [1.807, 2.05) is 13.8 Å². The Bertz CT molecular complexity index is 388. The second-order valence-corrected chi connectivity index (χ2v) is 7.20. The Morgan fingerprint density at radius 1 is 1.18 bits per heavy atom. The van der Waals surface area contributed by atoms with Crippen LogP contribution >= 0.6 is 0 Å². The fourth-order valence-corrected chi connectivity index (χ4v) is 3.06. The Morgan fingerprint density at radius 2 is 1.73 bits per heavy atom. The van der Waals surface area contributed by atoms with Gasteiger partial charge in [-0.2, -0.15) is 0 Å². The number of rotatable bonds is 7. The Morgan fingerprint density at radius 3 is 2.18 bits per heavy atom. The Labute approximate surface area is 132 Å². The molecule has 0 aliphatic heterocycles. The molecular weight excluding hydrogens is 284 g/mol. The number of carbonyl (C=O) groups excluding carboxylic acids is 1. The maximum atomic E-state index is 12.3. The average Bonchev–Trinajstić information content (AvgIpc) is 2.38. The van der Waals surface area contributed by atoms with E-state index < -0.39 is 17.6 Å². The van der Waals surface area contributed by atoms with Crippen molar-refractivity contribution in [2.75, 3.05) is 0 Å². The molecule has 0 heterocycles. The summed E-state index contributed by atoms with van der Waals surface area (Å²) < 4.78 is 0. The SMILES string of the molecule is CC(C)NC(C)(C)C(=O)N[C@@H](CC1CCC(O)CC1)C(=O)O. The third kappa shape index (κ3) is 5.93. The van der Waals surface area contributed by atoms with Gasteiger partial charge in [0.2, 0.25) is 5.91 Å². The van der Waals surface area contributed by atoms with Crippen molar-refractivity contribution in [2.24, 2.45) is 5.92 Å². The van der Waals surface area contributed by atoms with E-state index in [4.69, 9.17) is 0 Å². The summed E-state index contributed by atoms with van der Waals surface area (Å²) in [5.41, 5.74) is -0.815. The van der Waals surface area contributed by atoms with Crippen LogP contribution in [0, 0.1) is 5.92 Å². The Kier molecular flexibility index (Phi) is 6.81. The topological polar surface area (TPSA) is 98.7 Å². The zero-order chi connectivity index (χ0) is 16.9. The first-order chi connectivity index (χ1) is 10.1. The minimum Gasteiger partial charge on any atom is -0.480 e. The first-order valence-electron chi connectivity index (χ1n) is 8.11. The molecule has 1 saturated carbocycles. The van der Waals surface area contributed by atoms with E-state index in [9.17, 15) is 19.8 Å². The van der Waals surface area contributed by atoms with Gasteiger partial charge in [-0.1, -0.05) is 0 Å². The fourth-order valence-electron chi connectivity index (χ4n) is 3.06. The third-order valence-corrected chi connectivity index (χ3v) is 4.21. The minimum atomic E-state index is -1.00. The lowest BCUT2D eigenvalue weighted by molar-refractivity contribution is -0.143. The molecule has 1 amide bonds. The number of aliphatic carboxylic acids is 1. The van der Waals surface area contributed by atoms with Gasteiger partial charge in [-0.15, -0.1) is 0 Å². The molecule has 6 heteroatoms. The number of aliphatic hydroxyl groups excluding tert-OH is 1. The lowest BCUT2D eigenvalue weighted by atomic mass is 9.83. The molecule has 0 unspecified atom stereocenters. The molecule has 1 rings (SSSR count). The quantitative estimate of drug-likeness (QED) is 0.567. The molecule has 1 atom stereocenters. The van der Waals surface area contributed by atoms with Crippen LogP contribution in [-0.4, -0.2) is 45.8 Å². The summed E-state index contributed by atoms with van der Waals surface area (Å²) in [5.74, 6) is -1.06. The van der Waals surface area contributed by atoms with Crippen molar-refractivity contribution in [3.05, 3.63) is 0 Å². The summed E-state index contributed by atoms with van der Waals surface area (Å²) >= 11 is 0. The first kappa shape index (κ1) is 18.9. The van der Waals surface area contributed by atoms with Crippen molar-refractivity contribution >= 4 is 11.9 Å². The standard InChI is InChI=1S/C16H30N2O4/c1-10(2)18-16(3,4)15(22)17-13(14(20)21)9-11-5-7-12(19)8-6-11/h10-13,18-19H,5-9H2,1-4H3,(H,17,22)(H,20,21)/t11?,12?,13-/m0/s1. The second kappa shape index (κ2) is 7.92. The summed E-state index contributed by atoms with van der Waals surface area (Å²) in [4.78, 5) is 23.8. The van der Waals surface area contributed by atoms with E-state index in [2.05, 4.69) is 10.6 Å². The molecular formula is C16H30N2O4. The van der Waals surface area contributed by atoms with E-state index in [-0.39, 0.29) is 24.0 Å². The third-order valence-electron chi connectivity index (χ3n) is 4.21. The van der Waals surface area contributed by atoms with Crippen LogP contribution in [0.2, 0.25) is 0 Å². The number of hydrogen-bond donors (Lipinski definition) is 4. The van der Waals surface area contributed by atoms with Gasteiger partial charge in [0.1, 0.15) is 6.04 Å². The zero-order valence-electron chi connectivity index (χ0n) is 14.1. The van der Waals surface area contributed by atoms with Crippen LogP contribution < -0.4 is 10.6 Å². The molecule has 0 spiro atoms. The molecule has 128 valence electrons. The number of aliphatic hydroxyl groups is 1. The maximum absolute atomic E-state index is 12.3. The van der Waals surface area contributed by atoms with Crippen LogP contribution in [0.25, 0.3) is 0 Å². The van der Waals surface area contributed by atoms with Gasteiger partial charge in [0.25, 0.3) is 0 Å². The van der Waals surface area contributed by atoms with E-state index in [0.29, 0.717) is 19.3 Å². The van der Waals surface area contributed by atoms with E-state index in [1.165, 1.54) is 0 Å². The largest absolute Gasteiger partial charge is 0.480 e. The smallest absolute Gasteiger partial charge is 0.326 e. The van der Waals surface area contributed by atoms with Gasteiger partial charge in [0, 0.05) is 6.04 Å². The first-order valence-corrected chi connectivity index (χ1v) is 8.11. The number of carboxylic acids is 1. The van der Waals surface area contributed by atoms with Crippen LogP contribution in [0.3, 0.4) is 0 Å². The molecule has 1 aliphatic rings. The summed E-state index contributed by atoms with van der Waals surface area (Å²) in [6.07, 6.45) is 3.22. The monoisotopic (exact) mass is 314 g/mol. The number of nitrogens with one attached hydrogen (secondary N) is 2. The van der Waals surface area contributed by atoms with Crippen LogP contribution in [0.5, 0.6) is 0 Å². The molecule has 0 bridgehead atoms. The van der Waals surface area contributed by atoms with Crippen molar-refractivity contribution in [3.63, 3.8) is 0 Å². The molecule has 1 aliphatic carbocycles. The minimum absolute atomic E-state index is 0.129. The van der Waals surface area contributed by atoms with E-state index >= 15 is 0 Å². The zero-order valence-corrected chi connectivity index (χ0v) is 14.1. The van der Waals surface area contributed by atoms with Gasteiger partial charge in [0.15, 0.2) is 0 Å². The van der Waals surface area contributed by atoms with Gasteiger partial charge >= 0.3 is 5.97 Å². The highest BCUT2D eigenvalue weighted by atomic mass is 16.4. The number of carbonyl (C=O) groups is 2. The summed E-state index contributed by atoms with van der Waals surface area (Å²) in [7, 11) is 0. The lowest BCUT2D eigenvalue weighted by Gasteiger charge is -2.31. The predicted molar refractivity (Wildman–Crippen MR) is 84.5 cm³/mol. The molecule has 1 fully saturated rings. The molecule has 0 aromatic rings. The van der Waals surface area contributed by atoms with Crippen molar-refractivity contribution < 1.29 is 19.8 Å². The number of hydrogen-bond acceptors (Lipinski definition) is 4. The van der Waals surface area contributed by atoms with Gasteiger partial charge in [-0.05, 0) is 65.7 Å². The Balaban J connectivity index is 2.60. The number of amides is 1. The predicted octanol–water partition coefficient (Wildman–Crippen LogP) is 1.27. The lowest BCUT2D eigenvalue weighted by Crippen LogP contribution is -2.58. The van der Waals surface area contributed by atoms with Crippen molar-refractivity contribution in [1.82, 2.24) is 10.6 Å².